The maximum absolute atomic E-state index is 12.3. The second kappa shape index (κ2) is 8.37. The van der Waals surface area contributed by atoms with E-state index in [1.54, 1.807) is 4.31 Å². The van der Waals surface area contributed by atoms with Gasteiger partial charge in [0.2, 0.25) is 10.0 Å². The van der Waals surface area contributed by atoms with E-state index in [0.29, 0.717) is 44.8 Å². The highest BCUT2D eigenvalue weighted by Gasteiger charge is 2.26. The summed E-state index contributed by atoms with van der Waals surface area (Å²) in [6, 6.07) is 5.63. The van der Waals surface area contributed by atoms with Gasteiger partial charge in [-0.1, -0.05) is 13.0 Å². The molecule has 2 heterocycles. The Morgan fingerprint density at radius 3 is 2.77 bits per heavy atom. The summed E-state index contributed by atoms with van der Waals surface area (Å²) >= 11 is 0. The van der Waals surface area contributed by atoms with Crippen molar-refractivity contribution in [1.82, 2.24) is 9.62 Å². The molecule has 2 N–H and O–H groups in total. The lowest BCUT2D eigenvalue weighted by molar-refractivity contribution is 0.0806. The molecule has 0 spiro atoms. The van der Waals surface area contributed by atoms with Gasteiger partial charge in [0.25, 0.3) is 0 Å². The lowest BCUT2D eigenvalue weighted by atomic mass is 10.0. The Bertz CT molecular complexity index is 745. The van der Waals surface area contributed by atoms with Gasteiger partial charge in [0.15, 0.2) is 0 Å². The van der Waals surface area contributed by atoms with Crippen molar-refractivity contribution < 1.29 is 17.9 Å². The van der Waals surface area contributed by atoms with Crippen molar-refractivity contribution in [3.8, 4) is 0 Å². The average Bonchev–Trinajstić information content (AvgIpc) is 2.62. The molecule has 0 aliphatic carbocycles. The normalized spacial score (nSPS) is 19.0. The van der Waals surface area contributed by atoms with Crippen LogP contribution in [-0.2, 0) is 27.7 Å². The Labute approximate surface area is 155 Å². The van der Waals surface area contributed by atoms with E-state index >= 15 is 0 Å². The van der Waals surface area contributed by atoms with E-state index in [9.17, 15) is 13.2 Å². The van der Waals surface area contributed by atoms with Crippen LogP contribution in [0.1, 0.15) is 37.3 Å². The Kier molecular flexibility index (Phi) is 6.16. The van der Waals surface area contributed by atoms with Crippen molar-refractivity contribution >= 4 is 21.7 Å². The number of hydrogen-bond acceptors (Lipinski definition) is 4. The Balaban J connectivity index is 1.64. The van der Waals surface area contributed by atoms with E-state index < -0.39 is 10.0 Å². The number of fused-ring (bicyclic) bond motifs is 1. The number of sulfonamides is 1. The Hall–Kier alpha value is -1.64. The topological polar surface area (TPSA) is 87.7 Å². The summed E-state index contributed by atoms with van der Waals surface area (Å²) in [6.07, 6.45) is 2.95. The number of rotatable bonds is 5. The van der Waals surface area contributed by atoms with Crippen LogP contribution in [0.15, 0.2) is 18.2 Å². The monoisotopic (exact) mass is 381 g/mol. The fraction of sp³-hybridized carbons (Fsp3) is 0.611. The van der Waals surface area contributed by atoms with Crippen LogP contribution in [0.5, 0.6) is 0 Å². The van der Waals surface area contributed by atoms with Crippen molar-refractivity contribution in [2.75, 3.05) is 30.8 Å². The first-order valence-corrected chi connectivity index (χ1v) is 10.8. The molecule has 2 aliphatic heterocycles. The maximum atomic E-state index is 12.3. The van der Waals surface area contributed by atoms with Crippen molar-refractivity contribution in [1.29, 1.82) is 0 Å². The number of hydrogen-bond donors (Lipinski definition) is 2. The number of urea groups is 1. The average molecular weight is 381 g/mol. The van der Waals surface area contributed by atoms with Crippen molar-refractivity contribution in [3.05, 3.63) is 29.3 Å². The molecule has 7 nitrogen and oxygen atoms in total. The number of ether oxygens (including phenoxy) is 1. The van der Waals surface area contributed by atoms with Gasteiger partial charge in [-0.3, -0.25) is 0 Å². The maximum Gasteiger partial charge on any atom is 0.319 e. The molecule has 2 aliphatic rings. The van der Waals surface area contributed by atoms with Crippen LogP contribution in [0.4, 0.5) is 10.5 Å². The van der Waals surface area contributed by atoms with E-state index in [1.807, 2.05) is 25.1 Å². The predicted octanol–water partition coefficient (Wildman–Crippen LogP) is 2.08. The first-order valence-electron chi connectivity index (χ1n) is 9.23. The molecule has 1 aromatic rings. The summed E-state index contributed by atoms with van der Waals surface area (Å²) in [5.41, 5.74) is 2.78. The zero-order chi connectivity index (χ0) is 18.6. The van der Waals surface area contributed by atoms with Crippen LogP contribution in [0, 0.1) is 0 Å². The van der Waals surface area contributed by atoms with Gasteiger partial charge in [-0.15, -0.1) is 0 Å². The van der Waals surface area contributed by atoms with Gasteiger partial charge in [-0.2, -0.15) is 4.31 Å². The molecule has 8 heteroatoms. The van der Waals surface area contributed by atoms with Crippen LogP contribution in [0.25, 0.3) is 0 Å². The molecular formula is C18H27N3O4S. The van der Waals surface area contributed by atoms with Crippen molar-refractivity contribution in [2.45, 2.75) is 45.2 Å². The highest BCUT2D eigenvalue weighted by molar-refractivity contribution is 7.89. The van der Waals surface area contributed by atoms with E-state index in [-0.39, 0.29) is 17.8 Å². The number of nitrogens with one attached hydrogen (secondary N) is 2. The van der Waals surface area contributed by atoms with Gasteiger partial charge in [0, 0.05) is 38.0 Å². The zero-order valence-corrected chi connectivity index (χ0v) is 16.0. The second-order valence-corrected chi connectivity index (χ2v) is 8.96. The SMILES string of the molecule is CCCS(=O)(=O)N1CCc2ccc(NC(=O)NC3CCOCC3)cc2C1. The van der Waals surface area contributed by atoms with Crippen LogP contribution in [0.2, 0.25) is 0 Å². The molecule has 0 aromatic heterocycles. The largest absolute Gasteiger partial charge is 0.381 e. The van der Waals surface area contributed by atoms with Gasteiger partial charge in [0.1, 0.15) is 0 Å². The minimum Gasteiger partial charge on any atom is -0.381 e. The molecule has 1 aromatic carbocycles. The number of anilines is 1. The van der Waals surface area contributed by atoms with E-state index in [4.69, 9.17) is 4.74 Å². The van der Waals surface area contributed by atoms with Crippen LogP contribution < -0.4 is 10.6 Å². The molecule has 1 fully saturated rings. The van der Waals surface area contributed by atoms with Crippen LogP contribution in [0.3, 0.4) is 0 Å². The summed E-state index contributed by atoms with van der Waals surface area (Å²) < 4.78 is 31.5. The van der Waals surface area contributed by atoms with E-state index in [2.05, 4.69) is 10.6 Å². The van der Waals surface area contributed by atoms with Crippen LogP contribution >= 0.6 is 0 Å². The van der Waals surface area contributed by atoms with Gasteiger partial charge in [-0.25, -0.2) is 13.2 Å². The Morgan fingerprint density at radius 1 is 1.27 bits per heavy atom. The molecule has 1 saturated heterocycles. The molecule has 2 amide bonds. The van der Waals surface area contributed by atoms with Crippen molar-refractivity contribution in [3.63, 3.8) is 0 Å². The van der Waals surface area contributed by atoms with Gasteiger partial charge < -0.3 is 15.4 Å². The number of nitrogens with zero attached hydrogens (tertiary/aromatic N) is 1. The molecule has 0 bridgehead atoms. The van der Waals surface area contributed by atoms with Gasteiger partial charge in [0.05, 0.1) is 5.75 Å². The lowest BCUT2D eigenvalue weighted by Gasteiger charge is -2.28. The van der Waals surface area contributed by atoms with Gasteiger partial charge >= 0.3 is 6.03 Å². The van der Waals surface area contributed by atoms with Crippen LogP contribution in [-0.4, -0.2) is 50.3 Å². The summed E-state index contributed by atoms with van der Waals surface area (Å²) in [5.74, 6) is 0.174. The highest BCUT2D eigenvalue weighted by Crippen LogP contribution is 2.24. The first kappa shape index (κ1) is 19.1. The summed E-state index contributed by atoms with van der Waals surface area (Å²) in [7, 11) is -3.21. The molecule has 0 atom stereocenters. The summed E-state index contributed by atoms with van der Waals surface area (Å²) in [4.78, 5) is 12.2. The number of benzene rings is 1. The van der Waals surface area contributed by atoms with E-state index in [0.717, 1.165) is 24.0 Å². The van der Waals surface area contributed by atoms with E-state index in [1.165, 1.54) is 0 Å². The van der Waals surface area contributed by atoms with Gasteiger partial charge in [-0.05, 0) is 48.9 Å². The molecular weight excluding hydrogens is 354 g/mol. The molecule has 0 saturated carbocycles. The number of amides is 2. The third-order valence-electron chi connectivity index (χ3n) is 4.85. The standard InChI is InChI=1S/C18H27N3O4S/c1-2-11-26(23,24)21-8-5-14-3-4-17(12-15(14)13-21)20-18(22)19-16-6-9-25-10-7-16/h3-4,12,16H,2,5-11,13H2,1H3,(H2,19,20,22). The fourth-order valence-corrected chi connectivity index (χ4v) is 4.91. The predicted molar refractivity (Wildman–Crippen MR) is 101 cm³/mol. The number of carbonyl (C=O) groups is 1. The molecule has 0 radical (unpaired) electrons. The minimum atomic E-state index is -3.21. The van der Waals surface area contributed by atoms with Crippen molar-refractivity contribution in [2.24, 2.45) is 0 Å². The summed E-state index contributed by atoms with van der Waals surface area (Å²) in [6.45, 7) is 4.10. The third kappa shape index (κ3) is 4.75. The third-order valence-corrected chi connectivity index (χ3v) is 6.88. The minimum absolute atomic E-state index is 0.135. The fourth-order valence-electron chi connectivity index (χ4n) is 3.43. The smallest absolute Gasteiger partial charge is 0.319 e. The second-order valence-electron chi connectivity index (χ2n) is 6.87. The summed E-state index contributed by atoms with van der Waals surface area (Å²) in [5, 5.41) is 5.82. The number of carbonyl (C=O) groups excluding carboxylic acids is 1. The highest BCUT2D eigenvalue weighted by atomic mass is 32.2. The lowest BCUT2D eigenvalue weighted by Crippen LogP contribution is -2.41. The molecule has 26 heavy (non-hydrogen) atoms. The Morgan fingerprint density at radius 2 is 2.04 bits per heavy atom. The molecule has 144 valence electrons. The molecule has 3 rings (SSSR count). The quantitative estimate of drug-likeness (QED) is 0.817. The first-order chi connectivity index (χ1) is 12.5. The zero-order valence-electron chi connectivity index (χ0n) is 15.2. The molecule has 0 unspecified atom stereocenters.